The summed E-state index contributed by atoms with van der Waals surface area (Å²) in [6.07, 6.45) is 6.69. The van der Waals surface area contributed by atoms with Crippen molar-refractivity contribution in [1.29, 1.82) is 0 Å². The molecule has 20 heavy (non-hydrogen) atoms. The van der Waals surface area contributed by atoms with Gasteiger partial charge in [0, 0.05) is 19.7 Å². The number of rotatable bonds is 0. The van der Waals surface area contributed by atoms with E-state index in [1.807, 2.05) is 11.8 Å². The maximum Gasteiger partial charge on any atom is 0.0225 e. The van der Waals surface area contributed by atoms with Crippen LogP contribution in [0, 0.1) is 0 Å². The van der Waals surface area contributed by atoms with Crippen molar-refractivity contribution in [1.82, 2.24) is 0 Å². The first kappa shape index (κ1) is 13.0. The predicted molar refractivity (Wildman–Crippen MR) is 88.6 cm³/mol. The van der Waals surface area contributed by atoms with Crippen molar-refractivity contribution < 1.29 is 0 Å². The number of hydrogen-bond donors (Lipinski definition) is 0. The quantitative estimate of drug-likeness (QED) is 0.551. The van der Waals surface area contributed by atoms with Crippen molar-refractivity contribution in [3.63, 3.8) is 0 Å². The van der Waals surface area contributed by atoms with Gasteiger partial charge in [-0.1, -0.05) is 65.2 Å². The van der Waals surface area contributed by atoms with Crippen molar-refractivity contribution in [3.8, 4) is 0 Å². The summed E-state index contributed by atoms with van der Waals surface area (Å²) in [6.45, 7) is 0. The van der Waals surface area contributed by atoms with Crippen molar-refractivity contribution >= 4 is 27.7 Å². The molecule has 1 aliphatic carbocycles. The van der Waals surface area contributed by atoms with E-state index in [-0.39, 0.29) is 5.41 Å². The lowest BCUT2D eigenvalue weighted by molar-refractivity contribution is 0.335. The van der Waals surface area contributed by atoms with Crippen LogP contribution in [0.15, 0.2) is 56.7 Å². The third-order valence-corrected chi connectivity index (χ3v) is 6.43. The normalized spacial score (nSPS) is 19.4. The molecule has 4 rings (SSSR count). The van der Waals surface area contributed by atoms with Crippen LogP contribution < -0.4 is 0 Å². The molecule has 1 heterocycles. The van der Waals surface area contributed by atoms with E-state index in [4.69, 9.17) is 0 Å². The number of hydrogen-bond acceptors (Lipinski definition) is 1. The average Bonchev–Trinajstić information content (AvgIpc) is 2.50. The van der Waals surface area contributed by atoms with Crippen molar-refractivity contribution in [2.45, 2.75) is 47.3 Å². The van der Waals surface area contributed by atoms with Crippen LogP contribution in [0.5, 0.6) is 0 Å². The summed E-state index contributed by atoms with van der Waals surface area (Å²) < 4.78 is 1.21. The van der Waals surface area contributed by atoms with Gasteiger partial charge in [-0.15, -0.1) is 0 Å². The molecule has 0 amide bonds. The molecule has 1 spiro atoms. The topological polar surface area (TPSA) is 0 Å². The summed E-state index contributed by atoms with van der Waals surface area (Å²) in [6, 6.07) is 15.9. The lowest BCUT2D eigenvalue weighted by Crippen LogP contribution is -2.33. The van der Waals surface area contributed by atoms with Gasteiger partial charge >= 0.3 is 0 Å². The van der Waals surface area contributed by atoms with Gasteiger partial charge in [-0.25, -0.2) is 0 Å². The second-order valence-electron chi connectivity index (χ2n) is 5.88. The van der Waals surface area contributed by atoms with E-state index in [0.29, 0.717) is 0 Å². The van der Waals surface area contributed by atoms with Gasteiger partial charge in [0.25, 0.3) is 0 Å². The Morgan fingerprint density at radius 3 is 2.45 bits per heavy atom. The maximum atomic E-state index is 3.67. The van der Waals surface area contributed by atoms with Crippen molar-refractivity contribution in [2.24, 2.45) is 0 Å². The van der Waals surface area contributed by atoms with Gasteiger partial charge in [-0.05, 0) is 48.2 Å². The molecule has 0 bridgehead atoms. The van der Waals surface area contributed by atoms with Gasteiger partial charge in [0.05, 0.1) is 0 Å². The maximum absolute atomic E-state index is 3.67. The molecule has 0 aromatic heterocycles. The Morgan fingerprint density at radius 2 is 1.60 bits per heavy atom. The number of benzene rings is 2. The predicted octanol–water partition coefficient (Wildman–Crippen LogP) is 6.16. The first-order chi connectivity index (χ1) is 9.79. The molecule has 102 valence electrons. The van der Waals surface area contributed by atoms with E-state index in [1.165, 1.54) is 46.4 Å². The molecule has 2 aromatic rings. The van der Waals surface area contributed by atoms with Crippen LogP contribution in [0.3, 0.4) is 0 Å². The van der Waals surface area contributed by atoms with E-state index in [9.17, 15) is 0 Å². The minimum Gasteiger partial charge on any atom is -0.0895 e. The van der Waals surface area contributed by atoms with Crippen LogP contribution in [-0.2, 0) is 5.41 Å². The first-order valence-corrected chi connectivity index (χ1v) is 8.98. The van der Waals surface area contributed by atoms with Gasteiger partial charge in [0.15, 0.2) is 0 Å². The van der Waals surface area contributed by atoms with Crippen LogP contribution in [-0.4, -0.2) is 0 Å². The second-order valence-corrected chi connectivity index (χ2v) is 7.88. The fraction of sp³-hybridized carbons (Fsp3) is 0.333. The summed E-state index contributed by atoms with van der Waals surface area (Å²) in [7, 11) is 0. The number of fused-ring (bicyclic) bond motifs is 4. The van der Waals surface area contributed by atoms with Crippen LogP contribution in [0.1, 0.15) is 43.2 Å². The summed E-state index contributed by atoms with van der Waals surface area (Å²) in [5.74, 6) is 0. The molecular weight excluding hydrogens is 328 g/mol. The SMILES string of the molecule is Brc1ccc2c(c1)C1(CCCCC1)c1ccccc1S2. The van der Waals surface area contributed by atoms with E-state index < -0.39 is 0 Å². The second kappa shape index (κ2) is 4.92. The summed E-state index contributed by atoms with van der Waals surface area (Å²) in [5, 5.41) is 0. The standard InChI is InChI=1S/C18H17BrS/c19-13-8-9-17-15(12-13)18(10-4-1-5-11-18)14-6-2-3-7-16(14)20-17/h2-3,6-9,12H,1,4-5,10-11H2. The van der Waals surface area contributed by atoms with E-state index in [0.717, 1.165) is 0 Å². The Hall–Kier alpha value is -0.730. The van der Waals surface area contributed by atoms with Gasteiger partial charge in [-0.2, -0.15) is 0 Å². The lowest BCUT2D eigenvalue weighted by Gasteiger charge is -2.43. The molecule has 0 nitrogen and oxygen atoms in total. The number of halogens is 1. The van der Waals surface area contributed by atoms with E-state index in [2.05, 4.69) is 58.4 Å². The average molecular weight is 345 g/mol. The zero-order valence-electron chi connectivity index (χ0n) is 11.4. The Kier molecular flexibility index (Phi) is 3.19. The monoisotopic (exact) mass is 344 g/mol. The largest absolute Gasteiger partial charge is 0.0895 e. The lowest BCUT2D eigenvalue weighted by atomic mass is 9.65. The molecule has 1 aliphatic heterocycles. The molecule has 0 N–H and O–H groups in total. The zero-order valence-corrected chi connectivity index (χ0v) is 13.8. The molecule has 0 saturated heterocycles. The Labute approximate surface area is 133 Å². The summed E-state index contributed by atoms with van der Waals surface area (Å²) in [4.78, 5) is 2.91. The summed E-state index contributed by atoms with van der Waals surface area (Å²) >= 11 is 5.61. The molecule has 1 saturated carbocycles. The molecular formula is C18H17BrS. The molecule has 1 fully saturated rings. The Morgan fingerprint density at radius 1 is 0.850 bits per heavy atom. The minimum atomic E-state index is 0.263. The molecule has 2 aromatic carbocycles. The Bertz CT molecular complexity index is 656. The Balaban J connectivity index is 1.98. The van der Waals surface area contributed by atoms with Crippen LogP contribution in [0.4, 0.5) is 0 Å². The molecule has 2 aliphatic rings. The third-order valence-electron chi connectivity index (χ3n) is 4.79. The first-order valence-electron chi connectivity index (χ1n) is 7.37. The van der Waals surface area contributed by atoms with Gasteiger partial charge < -0.3 is 0 Å². The van der Waals surface area contributed by atoms with Gasteiger partial charge in [0.2, 0.25) is 0 Å². The van der Waals surface area contributed by atoms with Crippen LogP contribution >= 0.6 is 27.7 Å². The molecule has 0 atom stereocenters. The fourth-order valence-electron chi connectivity index (χ4n) is 3.87. The van der Waals surface area contributed by atoms with E-state index in [1.54, 1.807) is 11.1 Å². The van der Waals surface area contributed by atoms with Crippen molar-refractivity contribution in [3.05, 3.63) is 58.1 Å². The van der Waals surface area contributed by atoms with Crippen LogP contribution in [0.25, 0.3) is 0 Å². The molecule has 2 heteroatoms. The minimum absolute atomic E-state index is 0.263. The van der Waals surface area contributed by atoms with Gasteiger partial charge in [-0.3, -0.25) is 0 Å². The molecule has 0 unspecified atom stereocenters. The third kappa shape index (κ3) is 1.88. The fourth-order valence-corrected chi connectivity index (χ4v) is 5.49. The molecule has 0 radical (unpaired) electrons. The highest BCUT2D eigenvalue weighted by Crippen LogP contribution is 2.55. The smallest absolute Gasteiger partial charge is 0.0225 e. The van der Waals surface area contributed by atoms with Gasteiger partial charge in [0.1, 0.15) is 0 Å². The van der Waals surface area contributed by atoms with Crippen molar-refractivity contribution in [2.75, 3.05) is 0 Å². The highest BCUT2D eigenvalue weighted by molar-refractivity contribution is 9.10. The zero-order chi connectivity index (χ0) is 13.6. The summed E-state index contributed by atoms with van der Waals surface area (Å²) in [5.41, 5.74) is 3.38. The van der Waals surface area contributed by atoms with Crippen LogP contribution in [0.2, 0.25) is 0 Å². The highest BCUT2D eigenvalue weighted by atomic mass is 79.9. The highest BCUT2D eigenvalue weighted by Gasteiger charge is 2.41. The van der Waals surface area contributed by atoms with E-state index >= 15 is 0 Å².